The first-order valence-corrected chi connectivity index (χ1v) is 24.3. The predicted octanol–water partition coefficient (Wildman–Crippen LogP) is 12.0. The molecule has 0 amide bonds. The van der Waals surface area contributed by atoms with Crippen molar-refractivity contribution in [3.63, 3.8) is 0 Å². The number of benzene rings is 5. The van der Waals surface area contributed by atoms with E-state index in [2.05, 4.69) is 52.7 Å². The molecule has 0 aliphatic carbocycles. The third-order valence-corrected chi connectivity index (χ3v) is 13.8. The van der Waals surface area contributed by atoms with Gasteiger partial charge in [-0.25, -0.2) is 0 Å². The predicted molar refractivity (Wildman–Crippen MR) is 262 cm³/mol. The highest BCUT2D eigenvalue weighted by Gasteiger charge is 2.38. The summed E-state index contributed by atoms with van der Waals surface area (Å²) in [6.07, 6.45) is -4.58. The summed E-state index contributed by atoms with van der Waals surface area (Å²) in [6.45, 7) is 7.26. The number of aryl methyl sites for hydroxylation is 1. The number of fused-ring (bicyclic) bond motifs is 1. The van der Waals surface area contributed by atoms with E-state index in [-0.39, 0.29) is 23.9 Å². The molecule has 8 rings (SSSR count). The Balaban J connectivity index is 0.907. The molecule has 2 fully saturated rings. The molecule has 0 spiro atoms. The lowest BCUT2D eigenvalue weighted by Crippen LogP contribution is -2.57. The number of hydrogen-bond acceptors (Lipinski definition) is 9. The lowest BCUT2D eigenvalue weighted by Gasteiger charge is -2.37. The summed E-state index contributed by atoms with van der Waals surface area (Å²) in [5.41, 5.74) is 5.42. The van der Waals surface area contributed by atoms with Crippen molar-refractivity contribution in [1.82, 2.24) is 25.0 Å². The highest BCUT2D eigenvalue weighted by molar-refractivity contribution is 6.36. The van der Waals surface area contributed by atoms with Crippen LogP contribution < -0.4 is 29.6 Å². The first-order chi connectivity index (χ1) is 34.0. The molecule has 0 unspecified atom stereocenters. The monoisotopic (exact) mass is 1030 g/mol. The van der Waals surface area contributed by atoms with Crippen LogP contribution >= 0.6 is 23.2 Å². The van der Waals surface area contributed by atoms with Gasteiger partial charge in [-0.1, -0.05) is 65.7 Å². The number of unbranched alkanes of at least 4 members (excludes halogenated alkanes) is 1. The van der Waals surface area contributed by atoms with Crippen LogP contribution in [-0.2, 0) is 37.6 Å². The van der Waals surface area contributed by atoms with Crippen molar-refractivity contribution in [1.29, 1.82) is 0 Å². The average molecular weight is 1030 g/mol. The number of methoxy groups -OCH3 is 1. The van der Waals surface area contributed by atoms with Crippen molar-refractivity contribution in [2.24, 2.45) is 0 Å². The molecule has 378 valence electrons. The normalized spacial score (nSPS) is 15.7. The van der Waals surface area contributed by atoms with Crippen LogP contribution in [0.2, 0.25) is 10.0 Å². The first-order valence-electron chi connectivity index (χ1n) is 23.5. The molecule has 10 nitrogen and oxygen atoms in total. The summed E-state index contributed by atoms with van der Waals surface area (Å²) in [5.74, 6) is 0.453. The standard InChI is InChI=1S/C53H55Cl2F6N5O5/c1-68-48-19-11-37(30-49(48)69-35-36-8-14-40(15-9-36)70-52(56,57)58)31-63-51(20-22-62-23-21-51)50(67)7-2-3-24-66-34-43(39-12-16-41(17-13-39)71-53(59,60)61)42-29-38(10-18-47(42)66)32-64-25-27-65(28-26-64)33-44-45(54)5-4-6-46(44)55/h4-6,8-19,29-30,34,62-63H,2-3,7,20-28,31-33,35H2,1H3. The number of Topliss-reactive ketones (excluding diaryl/α,β-unsaturated/α-hetero) is 1. The molecule has 0 atom stereocenters. The maximum absolute atomic E-state index is 14.2. The summed E-state index contributed by atoms with van der Waals surface area (Å²) in [4.78, 5) is 19.0. The number of ketones is 1. The molecule has 1 aromatic heterocycles. The summed E-state index contributed by atoms with van der Waals surface area (Å²) < 4.78 is 98.9. The van der Waals surface area contributed by atoms with Crippen molar-refractivity contribution < 1.29 is 50.1 Å². The van der Waals surface area contributed by atoms with Gasteiger partial charge in [0.25, 0.3) is 0 Å². The van der Waals surface area contributed by atoms with E-state index in [0.29, 0.717) is 91.9 Å². The molecule has 2 aliphatic rings. The minimum Gasteiger partial charge on any atom is -0.493 e. The van der Waals surface area contributed by atoms with Gasteiger partial charge in [-0.3, -0.25) is 14.6 Å². The van der Waals surface area contributed by atoms with Crippen molar-refractivity contribution in [2.45, 2.75) is 83.2 Å². The van der Waals surface area contributed by atoms with Gasteiger partial charge in [-0.15, -0.1) is 26.3 Å². The van der Waals surface area contributed by atoms with Gasteiger partial charge in [0.15, 0.2) is 17.3 Å². The fourth-order valence-electron chi connectivity index (χ4n) is 9.34. The minimum atomic E-state index is -4.80. The maximum atomic E-state index is 14.2. The number of aromatic nitrogens is 1. The summed E-state index contributed by atoms with van der Waals surface area (Å²) in [5, 5.41) is 9.27. The van der Waals surface area contributed by atoms with Crippen molar-refractivity contribution >= 4 is 39.9 Å². The summed E-state index contributed by atoms with van der Waals surface area (Å²) in [6, 6.07) is 28.9. The SMILES string of the molecule is COc1ccc(CNC2(C(=O)CCCCn3cc(-c4ccc(OC(F)(F)F)cc4)c4cc(CN5CCN(Cc6c(Cl)cccc6Cl)CC5)ccc43)CCNCC2)cc1OCc1ccc(OC(F)(F)F)cc1. The number of nitrogens with zero attached hydrogens (tertiary/aromatic N) is 3. The Morgan fingerprint density at radius 2 is 1.32 bits per heavy atom. The van der Waals surface area contributed by atoms with Gasteiger partial charge in [0.2, 0.25) is 0 Å². The third-order valence-electron chi connectivity index (χ3n) is 13.1. The summed E-state index contributed by atoms with van der Waals surface area (Å²) >= 11 is 12.9. The molecular weight excluding hydrogens is 972 g/mol. The lowest BCUT2D eigenvalue weighted by atomic mass is 9.82. The first kappa shape index (κ1) is 51.9. The van der Waals surface area contributed by atoms with Crippen LogP contribution in [0.3, 0.4) is 0 Å². The lowest BCUT2D eigenvalue weighted by molar-refractivity contribution is -0.275. The Bertz CT molecular complexity index is 2720. The second-order valence-corrected chi connectivity index (χ2v) is 18.8. The molecule has 0 bridgehead atoms. The molecule has 71 heavy (non-hydrogen) atoms. The molecule has 2 N–H and O–H groups in total. The second kappa shape index (κ2) is 22.9. The van der Waals surface area contributed by atoms with Crippen LogP contribution in [0, 0.1) is 0 Å². The zero-order valence-electron chi connectivity index (χ0n) is 39.1. The van der Waals surface area contributed by atoms with Crippen LogP contribution in [-0.4, -0.2) is 84.8 Å². The Kier molecular flexibility index (Phi) is 16.8. The van der Waals surface area contributed by atoms with Crippen LogP contribution in [0.25, 0.3) is 22.0 Å². The van der Waals surface area contributed by atoms with Crippen molar-refractivity contribution in [3.8, 4) is 34.1 Å². The number of hydrogen-bond donors (Lipinski definition) is 2. The number of piperazine rings is 1. The highest BCUT2D eigenvalue weighted by atomic mass is 35.5. The number of rotatable bonds is 20. The van der Waals surface area contributed by atoms with Gasteiger partial charge in [-0.05, 0) is 122 Å². The average Bonchev–Trinajstić information content (AvgIpc) is 3.70. The Hall–Kier alpha value is -5.49. The Morgan fingerprint density at radius 3 is 1.96 bits per heavy atom. The molecule has 2 aliphatic heterocycles. The number of carbonyl (C=O) groups excluding carboxylic acids is 1. The third kappa shape index (κ3) is 13.9. The molecule has 3 heterocycles. The van der Waals surface area contributed by atoms with E-state index >= 15 is 0 Å². The van der Waals surface area contributed by atoms with Gasteiger partial charge >= 0.3 is 12.7 Å². The smallest absolute Gasteiger partial charge is 0.493 e. The number of halogens is 8. The fourth-order valence-corrected chi connectivity index (χ4v) is 9.86. The van der Waals surface area contributed by atoms with Gasteiger partial charge < -0.3 is 34.1 Å². The largest absolute Gasteiger partial charge is 0.573 e. The maximum Gasteiger partial charge on any atom is 0.573 e. The van der Waals surface area contributed by atoms with Gasteiger partial charge in [-0.2, -0.15) is 0 Å². The number of alkyl halides is 6. The van der Waals surface area contributed by atoms with Crippen molar-refractivity contribution in [3.05, 3.63) is 142 Å². The second-order valence-electron chi connectivity index (χ2n) is 17.9. The van der Waals surface area contributed by atoms with E-state index < -0.39 is 18.3 Å². The molecule has 2 saturated heterocycles. The number of nitrogens with one attached hydrogen (secondary N) is 2. The van der Waals surface area contributed by atoms with E-state index in [0.717, 1.165) is 71.4 Å². The Labute approximate surface area is 418 Å². The quantitative estimate of drug-likeness (QED) is 0.0573. The van der Waals surface area contributed by atoms with Crippen LogP contribution in [0.5, 0.6) is 23.0 Å². The van der Waals surface area contributed by atoms with Crippen LogP contribution in [0.15, 0.2) is 109 Å². The van der Waals surface area contributed by atoms with Gasteiger partial charge in [0, 0.05) is 97.1 Å². The Morgan fingerprint density at radius 1 is 0.718 bits per heavy atom. The summed E-state index contributed by atoms with van der Waals surface area (Å²) in [7, 11) is 1.52. The highest BCUT2D eigenvalue weighted by Crippen LogP contribution is 2.36. The zero-order valence-corrected chi connectivity index (χ0v) is 40.6. The molecule has 0 radical (unpaired) electrons. The van der Waals surface area contributed by atoms with Crippen LogP contribution in [0.4, 0.5) is 26.3 Å². The minimum absolute atomic E-state index is 0.0739. The van der Waals surface area contributed by atoms with E-state index in [9.17, 15) is 31.1 Å². The molecule has 6 aromatic rings. The topological polar surface area (TPSA) is 89.5 Å². The van der Waals surface area contributed by atoms with E-state index in [1.165, 1.54) is 43.5 Å². The molecule has 5 aromatic carbocycles. The van der Waals surface area contributed by atoms with Gasteiger partial charge in [0.1, 0.15) is 18.1 Å². The number of carbonyl (C=O) groups is 1. The zero-order chi connectivity index (χ0) is 50.2. The van der Waals surface area contributed by atoms with Crippen molar-refractivity contribution in [2.75, 3.05) is 46.4 Å². The number of ether oxygens (including phenoxy) is 4. The van der Waals surface area contributed by atoms with E-state index in [1.54, 1.807) is 18.2 Å². The van der Waals surface area contributed by atoms with E-state index in [4.69, 9.17) is 32.7 Å². The van der Waals surface area contributed by atoms with E-state index in [1.807, 2.05) is 36.5 Å². The van der Waals surface area contributed by atoms with Crippen LogP contribution in [0.1, 0.15) is 54.4 Å². The molecule has 0 saturated carbocycles. The fraction of sp³-hybridized carbons (Fsp3) is 0.377. The van der Waals surface area contributed by atoms with Gasteiger partial charge in [0.05, 0.1) is 12.6 Å². The molecular formula is C53H55Cl2F6N5O5. The molecule has 18 heteroatoms. The number of piperidine rings is 1.